The van der Waals surface area contributed by atoms with E-state index >= 15 is 0 Å². The first kappa shape index (κ1) is 60.9. The van der Waals surface area contributed by atoms with Crippen molar-refractivity contribution in [1.82, 2.24) is 0 Å². The zero-order chi connectivity index (χ0) is 45.6. The van der Waals surface area contributed by atoms with Crippen LogP contribution in [0.4, 0.5) is 0 Å². The number of aliphatic hydroxyl groups is 1. The molecule has 0 heterocycles. The van der Waals surface area contributed by atoms with Gasteiger partial charge in [0.05, 0.1) is 6.61 Å². The zero-order valence-corrected chi connectivity index (χ0v) is 42.1. The van der Waals surface area contributed by atoms with Gasteiger partial charge in [0.15, 0.2) is 6.10 Å². The van der Waals surface area contributed by atoms with Gasteiger partial charge in [0.1, 0.15) is 6.61 Å². The summed E-state index contributed by atoms with van der Waals surface area (Å²) in [6.07, 6.45) is 71.1. The van der Waals surface area contributed by atoms with E-state index in [1.165, 1.54) is 199 Å². The first-order chi connectivity index (χ1) is 31.1. The molecule has 1 atom stereocenters. The molecule has 5 nitrogen and oxygen atoms in total. The quantitative estimate of drug-likeness (QED) is 0.0374. The number of carbonyl (C=O) groups is 2. The fourth-order valence-corrected chi connectivity index (χ4v) is 8.26. The number of esters is 2. The second-order valence-electron chi connectivity index (χ2n) is 18.6. The van der Waals surface area contributed by atoms with E-state index in [1.54, 1.807) is 0 Å². The Morgan fingerprint density at radius 2 is 0.683 bits per heavy atom. The number of aliphatic hydroxyl groups excluding tert-OH is 1. The van der Waals surface area contributed by atoms with Gasteiger partial charge in [-0.05, 0) is 51.4 Å². The summed E-state index contributed by atoms with van der Waals surface area (Å²) in [5.74, 6) is -0.630. The molecule has 1 unspecified atom stereocenters. The van der Waals surface area contributed by atoms with E-state index in [2.05, 4.69) is 62.5 Å². The molecule has 0 amide bonds. The van der Waals surface area contributed by atoms with Crippen LogP contribution in [0.5, 0.6) is 0 Å². The Kier molecular flexibility index (Phi) is 52.4. The number of carbonyl (C=O) groups excluding carboxylic acids is 2. The van der Waals surface area contributed by atoms with E-state index in [-0.39, 0.29) is 25.2 Å². The van der Waals surface area contributed by atoms with Gasteiger partial charge in [0.25, 0.3) is 0 Å². The Bertz CT molecular complexity index is 1040. The fourth-order valence-electron chi connectivity index (χ4n) is 8.26. The Morgan fingerprint density at radius 1 is 0.381 bits per heavy atom. The molecule has 0 spiro atoms. The van der Waals surface area contributed by atoms with Crippen LogP contribution in [-0.2, 0) is 19.1 Å². The molecular weight excluding hydrogens is 777 g/mol. The first-order valence-electron chi connectivity index (χ1n) is 27.7. The molecule has 0 bridgehead atoms. The molecule has 368 valence electrons. The highest BCUT2D eigenvalue weighted by molar-refractivity contribution is 5.70. The Balaban J connectivity index is 3.40. The molecule has 0 aromatic carbocycles. The minimum absolute atomic E-state index is 0.0807. The molecule has 0 radical (unpaired) electrons. The summed E-state index contributed by atoms with van der Waals surface area (Å²) in [5, 5.41) is 9.61. The number of ether oxygens (including phenoxy) is 2. The van der Waals surface area contributed by atoms with Gasteiger partial charge >= 0.3 is 11.9 Å². The third-order valence-electron chi connectivity index (χ3n) is 12.4. The molecule has 0 saturated carbocycles. The molecule has 0 fully saturated rings. The van der Waals surface area contributed by atoms with Crippen LogP contribution in [0.1, 0.15) is 290 Å². The van der Waals surface area contributed by atoms with Crippen molar-refractivity contribution >= 4 is 11.9 Å². The van der Waals surface area contributed by atoms with E-state index in [1.807, 2.05) is 0 Å². The molecule has 0 aromatic heterocycles. The third kappa shape index (κ3) is 52.4. The van der Waals surface area contributed by atoms with Crippen LogP contribution < -0.4 is 0 Å². The summed E-state index contributed by atoms with van der Waals surface area (Å²) in [4.78, 5) is 24.4. The topological polar surface area (TPSA) is 72.8 Å². The summed E-state index contributed by atoms with van der Waals surface area (Å²) in [5.41, 5.74) is 0. The Morgan fingerprint density at radius 3 is 1.03 bits per heavy atom. The van der Waals surface area contributed by atoms with Gasteiger partial charge in [-0.15, -0.1) is 0 Å². The lowest BCUT2D eigenvalue weighted by atomic mass is 10.0. The minimum Gasteiger partial charge on any atom is -0.462 e. The smallest absolute Gasteiger partial charge is 0.306 e. The van der Waals surface area contributed by atoms with Crippen molar-refractivity contribution in [2.45, 2.75) is 296 Å². The lowest BCUT2D eigenvalue weighted by Crippen LogP contribution is -2.28. The molecule has 0 rings (SSSR count). The second kappa shape index (κ2) is 54.2. The van der Waals surface area contributed by atoms with E-state index in [9.17, 15) is 14.7 Å². The van der Waals surface area contributed by atoms with Crippen LogP contribution in [0.25, 0.3) is 0 Å². The SMILES string of the molecule is CC/C=C\C/C=C\C/C=C\C/C=C\CCCCC(=O)OC(CO)COC(=O)CCCCCCCCCCCCCCCCCCCCCCCCCCCCCCCCCCCC. The monoisotopic (exact) mass is 883 g/mol. The van der Waals surface area contributed by atoms with Crippen LogP contribution in [-0.4, -0.2) is 36.4 Å². The third-order valence-corrected chi connectivity index (χ3v) is 12.4. The van der Waals surface area contributed by atoms with E-state index in [0.717, 1.165) is 64.2 Å². The van der Waals surface area contributed by atoms with Crippen LogP contribution in [0.15, 0.2) is 48.6 Å². The molecule has 0 aromatic rings. The van der Waals surface area contributed by atoms with Gasteiger partial charge in [-0.1, -0.05) is 274 Å². The predicted molar refractivity (Wildman–Crippen MR) is 274 cm³/mol. The van der Waals surface area contributed by atoms with Gasteiger partial charge in [-0.2, -0.15) is 0 Å². The van der Waals surface area contributed by atoms with Crippen molar-refractivity contribution in [3.05, 3.63) is 48.6 Å². The largest absolute Gasteiger partial charge is 0.462 e. The Hall–Kier alpha value is -2.14. The average Bonchev–Trinajstić information content (AvgIpc) is 3.29. The summed E-state index contributed by atoms with van der Waals surface area (Å²) < 4.78 is 10.6. The van der Waals surface area contributed by atoms with Crippen molar-refractivity contribution in [3.8, 4) is 0 Å². The second-order valence-corrected chi connectivity index (χ2v) is 18.6. The highest BCUT2D eigenvalue weighted by Gasteiger charge is 2.16. The van der Waals surface area contributed by atoms with Crippen LogP contribution in [0.2, 0.25) is 0 Å². The number of rotatable bonds is 51. The molecule has 0 aliphatic carbocycles. The molecule has 5 heteroatoms. The van der Waals surface area contributed by atoms with E-state index in [4.69, 9.17) is 9.47 Å². The number of hydrogen-bond donors (Lipinski definition) is 1. The summed E-state index contributed by atoms with van der Waals surface area (Å²) in [6, 6.07) is 0. The summed E-state index contributed by atoms with van der Waals surface area (Å²) in [7, 11) is 0. The Labute approximate surface area is 392 Å². The van der Waals surface area contributed by atoms with Crippen LogP contribution >= 0.6 is 0 Å². The lowest BCUT2D eigenvalue weighted by Gasteiger charge is -2.15. The maximum absolute atomic E-state index is 12.2. The highest BCUT2D eigenvalue weighted by atomic mass is 16.6. The maximum atomic E-state index is 12.2. The zero-order valence-electron chi connectivity index (χ0n) is 42.1. The van der Waals surface area contributed by atoms with Gasteiger partial charge in [-0.25, -0.2) is 0 Å². The fraction of sp³-hybridized carbons (Fsp3) is 0.828. The molecular formula is C58H106O5. The molecule has 1 N–H and O–H groups in total. The van der Waals surface area contributed by atoms with E-state index < -0.39 is 6.10 Å². The number of hydrogen-bond acceptors (Lipinski definition) is 5. The van der Waals surface area contributed by atoms with Crippen molar-refractivity contribution in [2.75, 3.05) is 13.2 Å². The van der Waals surface area contributed by atoms with E-state index in [0.29, 0.717) is 12.8 Å². The summed E-state index contributed by atoms with van der Waals surface area (Å²) >= 11 is 0. The number of allylic oxidation sites excluding steroid dienone is 8. The standard InChI is InChI=1S/C58H106O5/c1-3-5-7-9-11-13-15-17-19-20-21-22-23-24-25-26-27-28-29-30-31-32-33-34-35-36-37-39-40-42-44-46-48-50-52-57(60)62-55-56(54-59)63-58(61)53-51-49-47-45-43-41-38-18-16-14-12-10-8-6-4-2/h6,8,12,14,18,38,43,45,56,59H,3-5,7,9-11,13,15-17,19-37,39-42,44,46-55H2,1-2H3/b8-6-,14-12-,38-18-,45-43-. The van der Waals surface area contributed by atoms with Gasteiger partial charge in [-0.3, -0.25) is 9.59 Å². The predicted octanol–water partition coefficient (Wildman–Crippen LogP) is 18.5. The van der Waals surface area contributed by atoms with Crippen LogP contribution in [0, 0.1) is 0 Å². The molecule has 0 saturated heterocycles. The van der Waals surface area contributed by atoms with Gasteiger partial charge in [0.2, 0.25) is 0 Å². The normalized spacial score (nSPS) is 12.5. The van der Waals surface area contributed by atoms with Crippen molar-refractivity contribution in [3.63, 3.8) is 0 Å². The van der Waals surface area contributed by atoms with Gasteiger partial charge < -0.3 is 14.6 Å². The highest BCUT2D eigenvalue weighted by Crippen LogP contribution is 2.17. The lowest BCUT2D eigenvalue weighted by molar-refractivity contribution is -0.161. The molecule has 0 aliphatic rings. The van der Waals surface area contributed by atoms with Crippen molar-refractivity contribution < 1.29 is 24.2 Å². The molecule has 0 aliphatic heterocycles. The van der Waals surface area contributed by atoms with Crippen LogP contribution in [0.3, 0.4) is 0 Å². The van der Waals surface area contributed by atoms with Crippen molar-refractivity contribution in [2.24, 2.45) is 0 Å². The number of unbranched alkanes of at least 4 members (excludes halogenated alkanes) is 35. The van der Waals surface area contributed by atoms with Gasteiger partial charge in [0, 0.05) is 12.8 Å². The first-order valence-corrected chi connectivity index (χ1v) is 27.7. The average molecular weight is 883 g/mol. The minimum atomic E-state index is -0.793. The maximum Gasteiger partial charge on any atom is 0.306 e. The van der Waals surface area contributed by atoms with Crippen molar-refractivity contribution in [1.29, 1.82) is 0 Å². The molecule has 63 heavy (non-hydrogen) atoms. The summed E-state index contributed by atoms with van der Waals surface area (Å²) in [6.45, 7) is 4.02.